The average molecular weight is 479 g/mol. The van der Waals surface area contributed by atoms with E-state index in [1.54, 1.807) is 11.0 Å². The third-order valence-corrected chi connectivity index (χ3v) is 7.49. The molecule has 0 aliphatic carbocycles. The standard InChI is InChI=1S/C26H30N4O3S/c1-20-9-10-23(17-21(20)2)26-24(19-29(27-26)18-22-7-5-4-6-8-22)11-12-25(31)28-13-15-30(16-14-28)34(3,32)33/h4-12,17,19H,13-16,18H2,1-3H3/b12-11+. The lowest BCUT2D eigenvalue weighted by Crippen LogP contribution is -2.49. The maximum atomic E-state index is 12.8. The maximum Gasteiger partial charge on any atom is 0.246 e. The number of carbonyl (C=O) groups is 1. The van der Waals surface area contributed by atoms with Gasteiger partial charge in [0.25, 0.3) is 0 Å². The van der Waals surface area contributed by atoms with Crippen LogP contribution in [0.15, 0.2) is 60.8 Å². The van der Waals surface area contributed by atoms with Gasteiger partial charge in [0.2, 0.25) is 15.9 Å². The molecule has 0 spiro atoms. The normalized spacial score (nSPS) is 15.2. The van der Waals surface area contributed by atoms with Crippen molar-refractivity contribution in [3.05, 3.63) is 83.1 Å². The quantitative estimate of drug-likeness (QED) is 0.510. The Morgan fingerprint density at radius 1 is 1.00 bits per heavy atom. The second kappa shape index (κ2) is 9.95. The summed E-state index contributed by atoms with van der Waals surface area (Å²) in [6, 6.07) is 16.4. The van der Waals surface area contributed by atoms with Gasteiger partial charge in [0.15, 0.2) is 0 Å². The molecule has 0 N–H and O–H groups in total. The van der Waals surface area contributed by atoms with E-state index >= 15 is 0 Å². The van der Waals surface area contributed by atoms with Crippen molar-refractivity contribution in [2.45, 2.75) is 20.4 Å². The smallest absolute Gasteiger partial charge is 0.246 e. The third kappa shape index (κ3) is 5.63. The summed E-state index contributed by atoms with van der Waals surface area (Å²) in [6.07, 6.45) is 6.53. The van der Waals surface area contributed by atoms with Gasteiger partial charge in [-0.25, -0.2) is 8.42 Å². The molecule has 3 aromatic rings. The molecule has 178 valence electrons. The lowest BCUT2D eigenvalue weighted by molar-refractivity contribution is -0.127. The van der Waals surface area contributed by atoms with E-state index in [-0.39, 0.29) is 5.91 Å². The van der Waals surface area contributed by atoms with Gasteiger partial charge in [-0.1, -0.05) is 42.5 Å². The van der Waals surface area contributed by atoms with E-state index in [9.17, 15) is 13.2 Å². The van der Waals surface area contributed by atoms with Crippen LogP contribution in [0.25, 0.3) is 17.3 Å². The van der Waals surface area contributed by atoms with Crippen LogP contribution in [0.1, 0.15) is 22.3 Å². The van der Waals surface area contributed by atoms with Crippen molar-refractivity contribution < 1.29 is 13.2 Å². The van der Waals surface area contributed by atoms with Crippen molar-refractivity contribution in [1.82, 2.24) is 19.0 Å². The fourth-order valence-corrected chi connectivity index (χ4v) is 4.86. The predicted molar refractivity (Wildman–Crippen MR) is 135 cm³/mol. The fraction of sp³-hybridized carbons (Fsp3) is 0.308. The van der Waals surface area contributed by atoms with Crippen molar-refractivity contribution in [1.29, 1.82) is 0 Å². The average Bonchev–Trinajstić information content (AvgIpc) is 3.22. The Labute approximate surface area is 201 Å². The molecule has 34 heavy (non-hydrogen) atoms. The molecule has 1 aromatic heterocycles. The van der Waals surface area contributed by atoms with Crippen molar-refractivity contribution in [3.8, 4) is 11.3 Å². The Bertz CT molecular complexity index is 1310. The van der Waals surface area contributed by atoms with Gasteiger partial charge in [-0.05, 0) is 42.7 Å². The molecule has 1 amide bonds. The molecular weight excluding hydrogens is 448 g/mol. The van der Waals surface area contributed by atoms with Crippen molar-refractivity contribution in [2.24, 2.45) is 0 Å². The largest absolute Gasteiger partial charge is 0.337 e. The van der Waals surface area contributed by atoms with E-state index in [2.05, 4.69) is 44.2 Å². The number of benzene rings is 2. The first-order valence-electron chi connectivity index (χ1n) is 11.3. The molecule has 0 radical (unpaired) electrons. The molecule has 0 unspecified atom stereocenters. The molecule has 1 saturated heterocycles. The number of piperazine rings is 1. The molecule has 8 heteroatoms. The maximum absolute atomic E-state index is 12.8. The van der Waals surface area contributed by atoms with E-state index in [4.69, 9.17) is 5.10 Å². The van der Waals surface area contributed by atoms with Gasteiger partial charge >= 0.3 is 0 Å². The number of hydrogen-bond donors (Lipinski definition) is 0. The van der Waals surface area contributed by atoms with Crippen LogP contribution in [0.2, 0.25) is 0 Å². The lowest BCUT2D eigenvalue weighted by atomic mass is 10.0. The van der Waals surface area contributed by atoms with Crippen LogP contribution in [-0.2, 0) is 21.4 Å². The molecule has 1 aliphatic rings. The van der Waals surface area contributed by atoms with E-state index in [1.165, 1.54) is 21.7 Å². The molecular formula is C26H30N4O3S. The Morgan fingerprint density at radius 2 is 1.71 bits per heavy atom. The third-order valence-electron chi connectivity index (χ3n) is 6.18. The van der Waals surface area contributed by atoms with Crippen LogP contribution in [-0.4, -0.2) is 65.7 Å². The molecule has 1 aliphatic heterocycles. The SMILES string of the molecule is Cc1ccc(-c2nn(Cc3ccccc3)cc2/C=C/C(=O)N2CCN(S(C)(=O)=O)CC2)cc1C. The predicted octanol–water partition coefficient (Wildman–Crippen LogP) is 3.33. The summed E-state index contributed by atoms with van der Waals surface area (Å²) in [5.41, 5.74) is 6.24. The molecule has 0 atom stereocenters. The van der Waals surface area contributed by atoms with Crippen LogP contribution in [0.3, 0.4) is 0 Å². The van der Waals surface area contributed by atoms with Gasteiger partial charge in [0.05, 0.1) is 18.5 Å². The number of carbonyl (C=O) groups excluding carboxylic acids is 1. The lowest BCUT2D eigenvalue weighted by Gasteiger charge is -2.32. The summed E-state index contributed by atoms with van der Waals surface area (Å²) in [6.45, 7) is 6.20. The summed E-state index contributed by atoms with van der Waals surface area (Å²) in [4.78, 5) is 14.5. The molecule has 0 saturated carbocycles. The highest BCUT2D eigenvalue weighted by Crippen LogP contribution is 2.26. The molecule has 2 heterocycles. The Hall–Kier alpha value is -3.23. The highest BCUT2D eigenvalue weighted by molar-refractivity contribution is 7.88. The topological polar surface area (TPSA) is 75.5 Å². The van der Waals surface area contributed by atoms with E-state index < -0.39 is 10.0 Å². The number of aromatic nitrogens is 2. The van der Waals surface area contributed by atoms with Crippen molar-refractivity contribution in [2.75, 3.05) is 32.4 Å². The highest BCUT2D eigenvalue weighted by atomic mass is 32.2. The number of rotatable bonds is 6. The van der Waals surface area contributed by atoms with Gasteiger partial charge in [-0.2, -0.15) is 9.40 Å². The highest BCUT2D eigenvalue weighted by Gasteiger charge is 2.25. The second-order valence-corrected chi connectivity index (χ2v) is 10.7. The Kier molecular flexibility index (Phi) is 7.00. The first-order valence-corrected chi connectivity index (χ1v) is 13.2. The van der Waals surface area contributed by atoms with E-state index in [0.717, 1.165) is 22.4 Å². The van der Waals surface area contributed by atoms with Crippen molar-refractivity contribution >= 4 is 22.0 Å². The summed E-state index contributed by atoms with van der Waals surface area (Å²) in [7, 11) is -3.23. The van der Waals surface area contributed by atoms with Crippen LogP contribution in [0.5, 0.6) is 0 Å². The molecule has 2 aromatic carbocycles. The number of aryl methyl sites for hydroxylation is 2. The van der Waals surface area contributed by atoms with Gasteiger partial charge in [-0.15, -0.1) is 0 Å². The minimum absolute atomic E-state index is 0.130. The molecule has 0 bridgehead atoms. The first kappa shape index (κ1) is 23.9. The number of hydrogen-bond acceptors (Lipinski definition) is 4. The van der Waals surface area contributed by atoms with Crippen LogP contribution < -0.4 is 0 Å². The summed E-state index contributed by atoms with van der Waals surface area (Å²) in [5.74, 6) is -0.130. The van der Waals surface area contributed by atoms with E-state index in [1.807, 2.05) is 35.2 Å². The molecule has 7 nitrogen and oxygen atoms in total. The van der Waals surface area contributed by atoms with Gasteiger partial charge < -0.3 is 4.90 Å². The minimum Gasteiger partial charge on any atom is -0.337 e. The fourth-order valence-electron chi connectivity index (χ4n) is 4.03. The second-order valence-electron chi connectivity index (χ2n) is 8.74. The van der Waals surface area contributed by atoms with Crippen LogP contribution >= 0.6 is 0 Å². The molecule has 4 rings (SSSR count). The summed E-state index contributed by atoms with van der Waals surface area (Å²) >= 11 is 0. The zero-order valence-electron chi connectivity index (χ0n) is 19.8. The Balaban J connectivity index is 1.57. The molecule has 1 fully saturated rings. The first-order chi connectivity index (χ1) is 16.2. The van der Waals surface area contributed by atoms with E-state index in [0.29, 0.717) is 32.7 Å². The zero-order chi connectivity index (χ0) is 24.3. The number of sulfonamides is 1. The minimum atomic E-state index is -3.23. The zero-order valence-corrected chi connectivity index (χ0v) is 20.6. The monoisotopic (exact) mass is 478 g/mol. The summed E-state index contributed by atoms with van der Waals surface area (Å²) in [5, 5.41) is 4.84. The van der Waals surface area contributed by atoms with Crippen LogP contribution in [0, 0.1) is 13.8 Å². The van der Waals surface area contributed by atoms with Crippen LogP contribution in [0.4, 0.5) is 0 Å². The van der Waals surface area contributed by atoms with Gasteiger partial charge in [0, 0.05) is 49.6 Å². The van der Waals surface area contributed by atoms with Gasteiger partial charge in [-0.3, -0.25) is 9.48 Å². The Morgan fingerprint density at radius 3 is 2.35 bits per heavy atom. The van der Waals surface area contributed by atoms with Gasteiger partial charge in [0.1, 0.15) is 0 Å². The number of amides is 1. The number of nitrogens with zero attached hydrogens (tertiary/aromatic N) is 4. The van der Waals surface area contributed by atoms with Crippen molar-refractivity contribution in [3.63, 3.8) is 0 Å². The summed E-state index contributed by atoms with van der Waals surface area (Å²) < 4.78 is 26.8.